The molecule has 2 heterocycles. The second kappa shape index (κ2) is 10.5. The average molecular weight is 514 g/mol. The van der Waals surface area contributed by atoms with E-state index in [1.807, 2.05) is 42.5 Å². The number of carbonyl (C=O) groups is 2. The van der Waals surface area contributed by atoms with Crippen molar-refractivity contribution in [2.24, 2.45) is 0 Å². The van der Waals surface area contributed by atoms with E-state index >= 15 is 0 Å². The summed E-state index contributed by atoms with van der Waals surface area (Å²) in [4.78, 5) is 40.9. The molecule has 3 aromatic carbocycles. The van der Waals surface area contributed by atoms with Gasteiger partial charge < -0.3 is 9.47 Å². The zero-order chi connectivity index (χ0) is 25.8. The van der Waals surface area contributed by atoms with E-state index in [0.717, 1.165) is 28.7 Å². The number of nitro groups is 1. The van der Waals surface area contributed by atoms with Gasteiger partial charge in [-0.1, -0.05) is 48.5 Å². The van der Waals surface area contributed by atoms with Gasteiger partial charge in [-0.15, -0.1) is 0 Å². The van der Waals surface area contributed by atoms with E-state index in [2.05, 4.69) is 4.98 Å². The number of ether oxygens (including phenoxy) is 2. The van der Waals surface area contributed by atoms with Crippen LogP contribution in [0.5, 0.6) is 17.4 Å². The van der Waals surface area contributed by atoms with Crippen LogP contribution in [-0.4, -0.2) is 39.1 Å². The number of hydrogen-bond donors (Lipinski definition) is 0. The van der Waals surface area contributed by atoms with E-state index in [4.69, 9.17) is 9.47 Å². The number of imide groups is 1. The summed E-state index contributed by atoms with van der Waals surface area (Å²) in [6, 6.07) is 23.1. The largest absolute Gasteiger partial charge is 0.491 e. The third kappa shape index (κ3) is 5.44. The molecule has 0 aliphatic carbocycles. The van der Waals surface area contributed by atoms with Crippen molar-refractivity contribution in [2.45, 2.75) is 0 Å². The van der Waals surface area contributed by atoms with Crippen LogP contribution in [0.1, 0.15) is 5.56 Å². The van der Waals surface area contributed by atoms with Gasteiger partial charge in [-0.3, -0.25) is 24.6 Å². The van der Waals surface area contributed by atoms with Crippen LogP contribution < -0.4 is 9.47 Å². The summed E-state index contributed by atoms with van der Waals surface area (Å²) in [5.41, 5.74) is 0.582. The van der Waals surface area contributed by atoms with Crippen molar-refractivity contribution in [3.8, 4) is 17.4 Å². The van der Waals surface area contributed by atoms with Crippen LogP contribution in [0, 0.1) is 10.1 Å². The first kappa shape index (κ1) is 24.0. The van der Waals surface area contributed by atoms with Gasteiger partial charge in [0.15, 0.2) is 0 Å². The topological polar surface area (TPSA) is 112 Å². The maximum absolute atomic E-state index is 12.8. The fourth-order valence-electron chi connectivity index (χ4n) is 3.71. The number of hydrogen-bond acceptors (Lipinski definition) is 8. The molecule has 0 atom stereocenters. The summed E-state index contributed by atoms with van der Waals surface area (Å²) in [6.07, 6.45) is 2.76. The van der Waals surface area contributed by atoms with E-state index in [0.29, 0.717) is 22.0 Å². The molecule has 37 heavy (non-hydrogen) atoms. The zero-order valence-electron chi connectivity index (χ0n) is 19.3. The predicted molar refractivity (Wildman–Crippen MR) is 140 cm³/mol. The van der Waals surface area contributed by atoms with Crippen LogP contribution in [-0.2, 0) is 4.79 Å². The number of fused-ring (bicyclic) bond motifs is 1. The van der Waals surface area contributed by atoms with E-state index < -0.39 is 4.92 Å². The van der Waals surface area contributed by atoms with Crippen LogP contribution in [0.25, 0.3) is 16.8 Å². The van der Waals surface area contributed by atoms with E-state index in [-0.39, 0.29) is 35.9 Å². The third-order valence-electron chi connectivity index (χ3n) is 5.53. The molecule has 2 amide bonds. The molecule has 9 nitrogen and oxygen atoms in total. The van der Waals surface area contributed by atoms with Crippen molar-refractivity contribution in [3.63, 3.8) is 0 Å². The molecule has 5 rings (SSSR count). The third-order valence-corrected chi connectivity index (χ3v) is 6.43. The van der Waals surface area contributed by atoms with Gasteiger partial charge >= 0.3 is 0 Å². The highest BCUT2D eigenvalue weighted by molar-refractivity contribution is 8.18. The van der Waals surface area contributed by atoms with Crippen molar-refractivity contribution < 1.29 is 24.0 Å². The molecule has 1 saturated heterocycles. The average Bonchev–Trinajstić information content (AvgIpc) is 3.17. The lowest BCUT2D eigenvalue weighted by Crippen LogP contribution is -2.32. The van der Waals surface area contributed by atoms with E-state index in [1.165, 1.54) is 17.0 Å². The highest BCUT2D eigenvalue weighted by atomic mass is 32.2. The van der Waals surface area contributed by atoms with Gasteiger partial charge in [0.25, 0.3) is 16.8 Å². The predicted octanol–water partition coefficient (Wildman–Crippen LogP) is 6.05. The Labute approximate surface area is 215 Å². The molecule has 0 unspecified atom stereocenters. The van der Waals surface area contributed by atoms with Gasteiger partial charge in [0.05, 0.1) is 16.4 Å². The Morgan fingerprint density at radius 1 is 0.973 bits per heavy atom. The molecule has 0 bridgehead atoms. The van der Waals surface area contributed by atoms with Gasteiger partial charge in [0.2, 0.25) is 5.88 Å². The molecule has 0 N–H and O–H groups in total. The van der Waals surface area contributed by atoms with Crippen LogP contribution >= 0.6 is 11.8 Å². The first-order chi connectivity index (χ1) is 18.0. The smallest absolute Gasteiger partial charge is 0.293 e. The fourth-order valence-corrected chi connectivity index (χ4v) is 4.57. The molecule has 4 aromatic rings. The van der Waals surface area contributed by atoms with Crippen molar-refractivity contribution in [2.75, 3.05) is 13.2 Å². The molecule has 1 aliphatic heterocycles. The molecule has 0 spiro atoms. The van der Waals surface area contributed by atoms with E-state index in [9.17, 15) is 19.7 Å². The van der Waals surface area contributed by atoms with Crippen LogP contribution in [0.2, 0.25) is 0 Å². The van der Waals surface area contributed by atoms with Crippen LogP contribution in [0.4, 0.5) is 10.5 Å². The molecule has 1 aliphatic rings. The van der Waals surface area contributed by atoms with Gasteiger partial charge in [-0.2, -0.15) is 0 Å². The molecule has 10 heteroatoms. The lowest BCUT2D eigenvalue weighted by molar-refractivity contribution is -0.385. The van der Waals surface area contributed by atoms with Crippen LogP contribution in [0.3, 0.4) is 0 Å². The summed E-state index contributed by atoms with van der Waals surface area (Å²) < 4.78 is 11.5. The first-order valence-corrected chi connectivity index (χ1v) is 12.0. The maximum atomic E-state index is 12.8. The minimum Gasteiger partial charge on any atom is -0.491 e. The highest BCUT2D eigenvalue weighted by Gasteiger charge is 2.34. The number of amides is 2. The Morgan fingerprint density at radius 3 is 2.51 bits per heavy atom. The monoisotopic (exact) mass is 513 g/mol. The minimum atomic E-state index is -0.536. The summed E-state index contributed by atoms with van der Waals surface area (Å²) in [5.74, 6) is 1.01. The quantitative estimate of drug-likeness (QED) is 0.159. The second-order valence-electron chi connectivity index (χ2n) is 7.94. The maximum Gasteiger partial charge on any atom is 0.293 e. The number of thioether (sulfide) groups is 1. The standard InChI is InChI=1S/C27H19N3O6S/c31-26-24(16-18-8-11-21(12-9-18)36-25-13-10-20(17-28-25)30(33)34)37-27(32)29(26)14-15-35-23-7-3-5-19-4-1-2-6-22(19)23/h1-13,16-17H,14-15H2/b24-16-. The van der Waals surface area contributed by atoms with E-state index in [1.54, 1.807) is 30.3 Å². The zero-order valence-corrected chi connectivity index (χ0v) is 20.1. The summed E-state index contributed by atoms with van der Waals surface area (Å²) in [5, 5.41) is 12.4. The second-order valence-corrected chi connectivity index (χ2v) is 8.94. The Bertz CT molecular complexity index is 1510. The summed E-state index contributed by atoms with van der Waals surface area (Å²) >= 11 is 0.883. The Balaban J connectivity index is 1.20. The molecular weight excluding hydrogens is 494 g/mol. The Morgan fingerprint density at radius 2 is 1.76 bits per heavy atom. The SMILES string of the molecule is O=C1S/C(=C\c2ccc(Oc3ccc([N+](=O)[O-])cn3)cc2)C(=O)N1CCOc1cccc2ccccc12. The molecule has 0 radical (unpaired) electrons. The van der Waals surface area contributed by atoms with Crippen molar-refractivity contribution >= 4 is 45.4 Å². The molecule has 1 aromatic heterocycles. The van der Waals surface area contributed by atoms with Gasteiger partial charge in [-0.05, 0) is 47.0 Å². The van der Waals surface area contributed by atoms with Crippen LogP contribution in [0.15, 0.2) is 90.0 Å². The van der Waals surface area contributed by atoms with Gasteiger partial charge in [0.1, 0.15) is 24.3 Å². The normalized spacial score (nSPS) is 14.4. The molecule has 0 saturated carbocycles. The minimum absolute atomic E-state index is 0.128. The van der Waals surface area contributed by atoms with Crippen molar-refractivity contribution in [1.29, 1.82) is 0 Å². The van der Waals surface area contributed by atoms with Gasteiger partial charge in [-0.25, -0.2) is 4.98 Å². The Kier molecular flexibility index (Phi) is 6.82. The molecular formula is C27H19N3O6S. The fraction of sp³-hybridized carbons (Fsp3) is 0.0741. The summed E-state index contributed by atoms with van der Waals surface area (Å²) in [7, 11) is 0. The number of nitrogens with zero attached hydrogens (tertiary/aromatic N) is 3. The highest BCUT2D eigenvalue weighted by Crippen LogP contribution is 2.33. The van der Waals surface area contributed by atoms with Gasteiger partial charge in [0, 0.05) is 17.5 Å². The Hall–Kier alpha value is -4.70. The number of benzene rings is 3. The van der Waals surface area contributed by atoms with Crippen molar-refractivity contribution in [1.82, 2.24) is 9.88 Å². The first-order valence-electron chi connectivity index (χ1n) is 11.2. The number of carbonyl (C=O) groups excluding carboxylic acids is 2. The lowest BCUT2D eigenvalue weighted by Gasteiger charge is -2.14. The number of rotatable bonds is 8. The number of aromatic nitrogens is 1. The number of pyridine rings is 1. The summed E-state index contributed by atoms with van der Waals surface area (Å²) in [6.45, 7) is 0.322. The lowest BCUT2D eigenvalue weighted by atomic mass is 10.1. The van der Waals surface area contributed by atoms with Crippen molar-refractivity contribution in [3.05, 3.63) is 106 Å². The molecule has 1 fully saturated rings. The molecule has 184 valence electrons.